The highest BCUT2D eigenvalue weighted by molar-refractivity contribution is 5.89. The topological polar surface area (TPSA) is 59.1 Å². The zero-order valence-electron chi connectivity index (χ0n) is 17.3. The summed E-state index contributed by atoms with van der Waals surface area (Å²) in [6, 6.07) is 15.6. The molecule has 154 valence electrons. The van der Waals surface area contributed by atoms with Gasteiger partial charge in [-0.25, -0.2) is 0 Å². The molecule has 0 spiro atoms. The standard InChI is InChI=1S/C23H28N2O4/c1-24-12-13-25(22(26)11-14-28-2)21(23(24)27)15-17-7-9-18(10-8-17)19-5-4-6-20(16-19)29-3/h4-10,16,21H,11-15H2,1-3H3. The van der Waals surface area contributed by atoms with Gasteiger partial charge < -0.3 is 19.3 Å². The third kappa shape index (κ3) is 4.95. The zero-order chi connectivity index (χ0) is 20.8. The molecule has 1 unspecified atom stereocenters. The highest BCUT2D eigenvalue weighted by Crippen LogP contribution is 2.25. The number of methoxy groups -OCH3 is 2. The van der Waals surface area contributed by atoms with Crippen molar-refractivity contribution in [2.45, 2.75) is 18.9 Å². The van der Waals surface area contributed by atoms with Gasteiger partial charge in [-0.05, 0) is 28.8 Å². The molecule has 6 nitrogen and oxygen atoms in total. The van der Waals surface area contributed by atoms with Crippen molar-refractivity contribution < 1.29 is 19.1 Å². The van der Waals surface area contributed by atoms with Crippen molar-refractivity contribution in [2.75, 3.05) is 41.0 Å². The summed E-state index contributed by atoms with van der Waals surface area (Å²) in [4.78, 5) is 28.7. The van der Waals surface area contributed by atoms with E-state index < -0.39 is 6.04 Å². The van der Waals surface area contributed by atoms with E-state index >= 15 is 0 Å². The van der Waals surface area contributed by atoms with Gasteiger partial charge in [0, 0.05) is 33.7 Å². The predicted molar refractivity (Wildman–Crippen MR) is 112 cm³/mol. The molecule has 0 bridgehead atoms. The number of likely N-dealkylation sites (N-methyl/N-ethyl adjacent to an activating group) is 1. The van der Waals surface area contributed by atoms with Gasteiger partial charge in [-0.3, -0.25) is 9.59 Å². The zero-order valence-corrected chi connectivity index (χ0v) is 17.3. The highest BCUT2D eigenvalue weighted by Gasteiger charge is 2.35. The highest BCUT2D eigenvalue weighted by atomic mass is 16.5. The van der Waals surface area contributed by atoms with Crippen LogP contribution in [0.4, 0.5) is 0 Å². The van der Waals surface area contributed by atoms with E-state index in [9.17, 15) is 9.59 Å². The van der Waals surface area contributed by atoms with Crippen LogP contribution in [0.5, 0.6) is 5.75 Å². The van der Waals surface area contributed by atoms with E-state index in [0.717, 1.165) is 22.4 Å². The summed E-state index contributed by atoms with van der Waals surface area (Å²) in [5.41, 5.74) is 3.17. The molecule has 2 aromatic rings. The molecule has 1 heterocycles. The van der Waals surface area contributed by atoms with Crippen molar-refractivity contribution in [3.05, 3.63) is 54.1 Å². The summed E-state index contributed by atoms with van der Waals surface area (Å²) in [5.74, 6) is 0.762. The fourth-order valence-corrected chi connectivity index (χ4v) is 3.60. The second kappa shape index (κ2) is 9.56. The lowest BCUT2D eigenvalue weighted by atomic mass is 9.98. The number of carbonyl (C=O) groups is 2. The van der Waals surface area contributed by atoms with Gasteiger partial charge in [-0.1, -0.05) is 36.4 Å². The summed E-state index contributed by atoms with van der Waals surface area (Å²) in [6.45, 7) is 1.47. The smallest absolute Gasteiger partial charge is 0.245 e. The molecule has 29 heavy (non-hydrogen) atoms. The number of hydrogen-bond acceptors (Lipinski definition) is 4. The van der Waals surface area contributed by atoms with Crippen LogP contribution in [0.15, 0.2) is 48.5 Å². The maximum atomic E-state index is 12.8. The van der Waals surface area contributed by atoms with Gasteiger partial charge in [-0.2, -0.15) is 0 Å². The third-order valence-corrected chi connectivity index (χ3v) is 5.34. The average Bonchev–Trinajstić information content (AvgIpc) is 2.76. The summed E-state index contributed by atoms with van der Waals surface area (Å²) in [7, 11) is 5.02. The van der Waals surface area contributed by atoms with Gasteiger partial charge in [0.2, 0.25) is 11.8 Å². The fourth-order valence-electron chi connectivity index (χ4n) is 3.60. The number of carbonyl (C=O) groups excluding carboxylic acids is 2. The molecule has 0 N–H and O–H groups in total. The van der Waals surface area contributed by atoms with Gasteiger partial charge in [0.05, 0.1) is 20.1 Å². The van der Waals surface area contributed by atoms with Crippen LogP contribution in [0.3, 0.4) is 0 Å². The molecule has 0 saturated carbocycles. The molecular formula is C23H28N2O4. The van der Waals surface area contributed by atoms with Crippen LogP contribution in [0.2, 0.25) is 0 Å². The maximum Gasteiger partial charge on any atom is 0.245 e. The van der Waals surface area contributed by atoms with Crippen molar-refractivity contribution in [2.24, 2.45) is 0 Å². The first-order valence-electron chi connectivity index (χ1n) is 9.80. The van der Waals surface area contributed by atoms with Gasteiger partial charge >= 0.3 is 0 Å². The molecule has 1 atom stereocenters. The number of rotatable bonds is 7. The number of ether oxygens (including phenoxy) is 2. The van der Waals surface area contributed by atoms with Crippen molar-refractivity contribution in [1.82, 2.24) is 9.80 Å². The van der Waals surface area contributed by atoms with Gasteiger partial charge in [-0.15, -0.1) is 0 Å². The van der Waals surface area contributed by atoms with E-state index in [0.29, 0.717) is 32.5 Å². The third-order valence-electron chi connectivity index (χ3n) is 5.34. The van der Waals surface area contributed by atoms with Crippen LogP contribution in [0, 0.1) is 0 Å². The Morgan fingerprint density at radius 2 is 1.83 bits per heavy atom. The molecule has 2 amide bonds. The van der Waals surface area contributed by atoms with Crippen molar-refractivity contribution in [1.29, 1.82) is 0 Å². The first-order chi connectivity index (χ1) is 14.0. The Kier molecular flexibility index (Phi) is 6.88. The normalized spacial score (nSPS) is 16.8. The summed E-state index contributed by atoms with van der Waals surface area (Å²) in [6.07, 6.45) is 0.791. The Hall–Kier alpha value is -2.86. The van der Waals surface area contributed by atoms with Crippen LogP contribution in [-0.4, -0.2) is 68.6 Å². The first kappa shape index (κ1) is 20.9. The minimum Gasteiger partial charge on any atom is -0.497 e. The molecule has 2 aromatic carbocycles. The summed E-state index contributed by atoms with van der Waals surface area (Å²) in [5, 5.41) is 0. The molecule has 6 heteroatoms. The van der Waals surface area contributed by atoms with Gasteiger partial charge in [0.25, 0.3) is 0 Å². The fraction of sp³-hybridized carbons (Fsp3) is 0.391. The second-order valence-corrected chi connectivity index (χ2v) is 7.24. The quantitative estimate of drug-likeness (QED) is 0.722. The summed E-state index contributed by atoms with van der Waals surface area (Å²) >= 11 is 0. The van der Waals surface area contributed by atoms with Crippen LogP contribution in [0.25, 0.3) is 11.1 Å². The Morgan fingerprint density at radius 1 is 1.07 bits per heavy atom. The maximum absolute atomic E-state index is 12.8. The van der Waals surface area contributed by atoms with E-state index in [2.05, 4.69) is 0 Å². The largest absolute Gasteiger partial charge is 0.497 e. The average molecular weight is 396 g/mol. The monoisotopic (exact) mass is 396 g/mol. The minimum atomic E-state index is -0.472. The van der Waals surface area contributed by atoms with Crippen molar-refractivity contribution in [3.8, 4) is 16.9 Å². The Morgan fingerprint density at radius 3 is 2.52 bits per heavy atom. The van der Waals surface area contributed by atoms with E-state index in [4.69, 9.17) is 9.47 Å². The molecule has 1 saturated heterocycles. The first-order valence-corrected chi connectivity index (χ1v) is 9.80. The lowest BCUT2D eigenvalue weighted by molar-refractivity contribution is -0.150. The molecular weight excluding hydrogens is 368 g/mol. The van der Waals surface area contributed by atoms with E-state index in [-0.39, 0.29) is 11.8 Å². The van der Waals surface area contributed by atoms with Gasteiger partial charge in [0.15, 0.2) is 0 Å². The van der Waals surface area contributed by atoms with Crippen molar-refractivity contribution >= 4 is 11.8 Å². The molecule has 1 aliphatic heterocycles. The molecule has 1 fully saturated rings. The SMILES string of the molecule is COCCC(=O)N1CCN(C)C(=O)C1Cc1ccc(-c2cccc(OC)c2)cc1. The predicted octanol–water partition coefficient (Wildman–Crippen LogP) is 2.61. The number of amides is 2. The van der Waals surface area contributed by atoms with Crippen LogP contribution in [-0.2, 0) is 20.7 Å². The number of piperazine rings is 1. The van der Waals surface area contributed by atoms with Crippen LogP contribution >= 0.6 is 0 Å². The lowest BCUT2D eigenvalue weighted by Crippen LogP contribution is -2.58. The Labute approximate surface area is 172 Å². The minimum absolute atomic E-state index is 0.0149. The molecule has 0 aromatic heterocycles. The number of benzene rings is 2. The molecule has 3 rings (SSSR count). The van der Waals surface area contributed by atoms with E-state index in [1.165, 1.54) is 0 Å². The summed E-state index contributed by atoms with van der Waals surface area (Å²) < 4.78 is 10.3. The van der Waals surface area contributed by atoms with Gasteiger partial charge in [0.1, 0.15) is 11.8 Å². The molecule has 1 aliphatic rings. The number of hydrogen-bond donors (Lipinski definition) is 0. The van der Waals surface area contributed by atoms with Crippen LogP contribution in [0.1, 0.15) is 12.0 Å². The second-order valence-electron chi connectivity index (χ2n) is 7.24. The van der Waals surface area contributed by atoms with E-state index in [1.807, 2.05) is 48.5 Å². The molecule has 0 aliphatic carbocycles. The Bertz CT molecular complexity index is 850. The molecule has 0 radical (unpaired) electrons. The van der Waals surface area contributed by atoms with E-state index in [1.54, 1.807) is 31.1 Å². The lowest BCUT2D eigenvalue weighted by Gasteiger charge is -2.39. The van der Waals surface area contributed by atoms with Crippen LogP contribution < -0.4 is 4.74 Å². The van der Waals surface area contributed by atoms with Crippen molar-refractivity contribution in [3.63, 3.8) is 0 Å². The Balaban J connectivity index is 1.76. The number of nitrogens with zero attached hydrogens (tertiary/aromatic N) is 2.